The summed E-state index contributed by atoms with van der Waals surface area (Å²) in [5.41, 5.74) is -0.847. The molecule has 19 heavy (non-hydrogen) atoms. The van der Waals surface area contributed by atoms with Crippen molar-refractivity contribution in [2.75, 3.05) is 13.2 Å². The molecule has 0 fully saturated rings. The summed E-state index contributed by atoms with van der Waals surface area (Å²) in [6.07, 6.45) is 0.486. The van der Waals surface area contributed by atoms with Crippen LogP contribution in [0.15, 0.2) is 17.4 Å². The molecule has 3 nitrogen and oxygen atoms in total. The van der Waals surface area contributed by atoms with Crippen LogP contribution >= 0.6 is 7.60 Å². The molecule has 0 N–H and O–H groups in total. The Morgan fingerprint density at radius 1 is 1.21 bits per heavy atom. The third-order valence-corrected chi connectivity index (χ3v) is 4.61. The van der Waals surface area contributed by atoms with Crippen molar-refractivity contribution in [2.45, 2.75) is 47.2 Å². The molecule has 0 heterocycles. The van der Waals surface area contributed by atoms with Crippen molar-refractivity contribution in [1.82, 2.24) is 0 Å². The number of hydrogen-bond donors (Lipinski definition) is 0. The zero-order valence-corrected chi connectivity index (χ0v) is 13.3. The first-order valence-electron chi connectivity index (χ1n) is 6.22. The van der Waals surface area contributed by atoms with Gasteiger partial charge in [0.15, 0.2) is 0 Å². The Hall–Kier alpha value is -0.470. The van der Waals surface area contributed by atoms with E-state index in [9.17, 15) is 13.3 Å². The van der Waals surface area contributed by atoms with E-state index >= 15 is 0 Å². The van der Waals surface area contributed by atoms with E-state index in [-0.39, 0.29) is 18.6 Å². The van der Waals surface area contributed by atoms with E-state index in [0.29, 0.717) is 11.6 Å². The average molecular weight is 296 g/mol. The van der Waals surface area contributed by atoms with Gasteiger partial charge in [-0.15, -0.1) is 5.73 Å². The first-order valence-corrected chi connectivity index (χ1v) is 7.76. The van der Waals surface area contributed by atoms with Crippen molar-refractivity contribution in [3.8, 4) is 0 Å². The summed E-state index contributed by atoms with van der Waals surface area (Å²) < 4.78 is 49.2. The minimum Gasteiger partial charge on any atom is -0.304 e. The predicted octanol–water partition coefficient (Wildman–Crippen LogP) is 4.99. The van der Waals surface area contributed by atoms with Crippen LogP contribution in [0.25, 0.3) is 0 Å². The van der Waals surface area contributed by atoms with Crippen molar-refractivity contribution in [2.24, 2.45) is 5.41 Å². The molecule has 0 rings (SSSR count). The van der Waals surface area contributed by atoms with Gasteiger partial charge >= 0.3 is 13.3 Å². The van der Waals surface area contributed by atoms with Gasteiger partial charge in [-0.2, -0.15) is 8.78 Å². The summed E-state index contributed by atoms with van der Waals surface area (Å²) in [4.78, 5) is 0. The van der Waals surface area contributed by atoms with Gasteiger partial charge in [-0.05, 0) is 31.8 Å². The van der Waals surface area contributed by atoms with Crippen molar-refractivity contribution < 1.29 is 22.4 Å². The molecule has 0 aliphatic carbocycles. The van der Waals surface area contributed by atoms with Crippen molar-refractivity contribution >= 4 is 7.60 Å². The van der Waals surface area contributed by atoms with Crippen molar-refractivity contribution in [3.05, 3.63) is 17.4 Å². The monoisotopic (exact) mass is 296 g/mol. The molecule has 0 radical (unpaired) electrons. The molecular weight excluding hydrogens is 273 g/mol. The molecule has 0 aromatic rings. The van der Waals surface area contributed by atoms with Gasteiger partial charge in [0.05, 0.1) is 13.2 Å². The van der Waals surface area contributed by atoms with E-state index in [1.807, 2.05) is 20.8 Å². The lowest BCUT2D eigenvalue weighted by Gasteiger charge is -2.23. The lowest BCUT2D eigenvalue weighted by atomic mass is 9.88. The largest absolute Gasteiger partial charge is 0.404 e. The molecule has 0 aliphatic heterocycles. The second-order valence-corrected chi connectivity index (χ2v) is 7.19. The smallest absolute Gasteiger partial charge is 0.304 e. The van der Waals surface area contributed by atoms with Crippen LogP contribution in [0.5, 0.6) is 0 Å². The molecule has 0 aliphatic rings. The van der Waals surface area contributed by atoms with Gasteiger partial charge < -0.3 is 9.05 Å². The fraction of sp³-hybridized carbons (Fsp3) is 0.769. The van der Waals surface area contributed by atoms with Crippen LogP contribution in [0.3, 0.4) is 0 Å². The Morgan fingerprint density at radius 2 is 1.63 bits per heavy atom. The molecule has 0 saturated carbocycles. The molecule has 6 heteroatoms. The maximum absolute atomic E-state index is 14.0. The SMILES string of the molecule is CCOP(=O)(OCC)C(F)(F)C=C=C(C)C(C)(C)C. The fourth-order valence-electron chi connectivity index (χ4n) is 1.04. The minimum absolute atomic E-state index is 0.108. The summed E-state index contributed by atoms with van der Waals surface area (Å²) in [6, 6.07) is 0. The zero-order valence-electron chi connectivity index (χ0n) is 12.4. The van der Waals surface area contributed by atoms with Crippen LogP contribution in [0.4, 0.5) is 8.78 Å². The molecule has 0 saturated heterocycles. The van der Waals surface area contributed by atoms with Gasteiger partial charge in [0.25, 0.3) is 0 Å². The fourth-order valence-corrected chi connectivity index (χ4v) is 2.36. The number of allylic oxidation sites excluding steroid dienone is 1. The number of alkyl halides is 2. The second-order valence-electron chi connectivity index (χ2n) is 5.08. The molecule has 0 aromatic carbocycles. The molecular formula is C13H23F2O3P. The minimum atomic E-state index is -4.50. The van der Waals surface area contributed by atoms with E-state index in [1.165, 1.54) is 13.8 Å². The lowest BCUT2D eigenvalue weighted by molar-refractivity contribution is 0.0794. The molecule has 0 atom stereocenters. The summed E-state index contributed by atoms with van der Waals surface area (Å²) in [5.74, 6) is 0. The average Bonchev–Trinajstić information content (AvgIpc) is 2.25. The van der Waals surface area contributed by atoms with E-state index < -0.39 is 13.3 Å². The summed E-state index contributed by atoms with van der Waals surface area (Å²) >= 11 is 0. The third-order valence-electron chi connectivity index (χ3n) is 2.55. The van der Waals surface area contributed by atoms with Crippen molar-refractivity contribution in [3.63, 3.8) is 0 Å². The highest BCUT2D eigenvalue weighted by molar-refractivity contribution is 7.55. The number of halogens is 2. The summed E-state index contributed by atoms with van der Waals surface area (Å²) in [6.45, 7) is 10.1. The molecule has 112 valence electrons. The van der Waals surface area contributed by atoms with Gasteiger partial charge in [0, 0.05) is 6.08 Å². The predicted molar refractivity (Wildman–Crippen MR) is 72.5 cm³/mol. The van der Waals surface area contributed by atoms with Gasteiger partial charge in [-0.1, -0.05) is 20.8 Å². The number of hydrogen-bond acceptors (Lipinski definition) is 3. The molecule has 0 spiro atoms. The standard InChI is InChI=1S/C13H23F2O3P/c1-7-17-19(16,18-8-2)13(14,15)10-9-11(3)12(4,5)6/h10H,7-8H2,1-6H3. The van der Waals surface area contributed by atoms with E-state index in [2.05, 4.69) is 14.8 Å². The summed E-state index contributed by atoms with van der Waals surface area (Å²) in [5, 5.41) is 0. The Morgan fingerprint density at radius 3 is 1.95 bits per heavy atom. The van der Waals surface area contributed by atoms with Crippen LogP contribution in [0.1, 0.15) is 41.5 Å². The van der Waals surface area contributed by atoms with E-state index in [0.717, 1.165) is 0 Å². The number of rotatable bonds is 6. The van der Waals surface area contributed by atoms with E-state index in [1.54, 1.807) is 6.92 Å². The third kappa shape index (κ3) is 5.19. The Labute approximate surface area is 114 Å². The van der Waals surface area contributed by atoms with Crippen LogP contribution in [0.2, 0.25) is 0 Å². The lowest BCUT2D eigenvalue weighted by Crippen LogP contribution is -2.17. The van der Waals surface area contributed by atoms with Crippen LogP contribution in [0, 0.1) is 5.41 Å². The quantitative estimate of drug-likeness (QED) is 0.511. The van der Waals surface area contributed by atoms with Gasteiger partial charge in [0.2, 0.25) is 0 Å². The Balaban J connectivity index is 5.47. The van der Waals surface area contributed by atoms with Crippen LogP contribution in [-0.2, 0) is 13.6 Å². The summed E-state index contributed by atoms with van der Waals surface area (Å²) in [7, 11) is -4.50. The molecule has 0 bridgehead atoms. The van der Waals surface area contributed by atoms with Gasteiger partial charge in [0.1, 0.15) is 0 Å². The highest BCUT2D eigenvalue weighted by Crippen LogP contribution is 2.62. The van der Waals surface area contributed by atoms with Gasteiger partial charge in [-0.25, -0.2) is 0 Å². The maximum Gasteiger partial charge on any atom is 0.404 e. The Bertz CT molecular complexity index is 395. The van der Waals surface area contributed by atoms with Crippen molar-refractivity contribution in [1.29, 1.82) is 0 Å². The first-order chi connectivity index (χ1) is 8.50. The maximum atomic E-state index is 14.0. The Kier molecular flexibility index (Phi) is 6.64. The van der Waals surface area contributed by atoms with Gasteiger partial charge in [-0.3, -0.25) is 4.57 Å². The normalized spacial score (nSPS) is 13.1. The van der Waals surface area contributed by atoms with Crippen LogP contribution < -0.4 is 0 Å². The topological polar surface area (TPSA) is 35.5 Å². The zero-order chi connectivity index (χ0) is 15.3. The van der Waals surface area contributed by atoms with Crippen LogP contribution in [-0.4, -0.2) is 18.9 Å². The van der Waals surface area contributed by atoms with E-state index in [4.69, 9.17) is 0 Å². The molecule has 0 unspecified atom stereocenters. The highest BCUT2D eigenvalue weighted by Gasteiger charge is 2.51. The first kappa shape index (κ1) is 18.5. The second kappa shape index (κ2) is 6.81. The molecule has 0 amide bonds. The molecule has 0 aromatic heterocycles. The highest BCUT2D eigenvalue weighted by atomic mass is 31.2.